The van der Waals surface area contributed by atoms with Crippen LogP contribution in [-0.4, -0.2) is 12.6 Å². The van der Waals surface area contributed by atoms with E-state index in [1.807, 2.05) is 6.92 Å². The van der Waals surface area contributed by atoms with Gasteiger partial charge in [-0.25, -0.2) is 0 Å². The lowest BCUT2D eigenvalue weighted by atomic mass is 9.72. The molecule has 1 unspecified atom stereocenters. The van der Waals surface area contributed by atoms with Gasteiger partial charge in [-0.05, 0) is 47.7 Å². The molecule has 2 nitrogen and oxygen atoms in total. The van der Waals surface area contributed by atoms with Crippen LogP contribution in [0.25, 0.3) is 11.1 Å². The molecule has 0 saturated heterocycles. The summed E-state index contributed by atoms with van der Waals surface area (Å²) in [5.74, 6) is -0.122. The molecule has 0 amide bonds. The zero-order valence-electron chi connectivity index (χ0n) is 13.6. The molecule has 1 aliphatic rings. The standard InChI is InChI=1S/C20H21BrO2/c1-3-11-20(13-19(22)23-4-2)17-8-6-5-7-15(17)16-10-9-14(21)12-18(16)20/h5-10,12H,3-4,11,13H2,1-2H3. The molecule has 0 N–H and O–H groups in total. The summed E-state index contributed by atoms with van der Waals surface area (Å²) >= 11 is 3.59. The summed E-state index contributed by atoms with van der Waals surface area (Å²) < 4.78 is 6.33. The Labute approximate surface area is 146 Å². The molecule has 0 fully saturated rings. The van der Waals surface area contributed by atoms with Gasteiger partial charge in [-0.2, -0.15) is 0 Å². The van der Waals surface area contributed by atoms with Crippen LogP contribution >= 0.6 is 15.9 Å². The van der Waals surface area contributed by atoms with Crippen LogP contribution in [0.15, 0.2) is 46.9 Å². The summed E-state index contributed by atoms with van der Waals surface area (Å²) in [6.07, 6.45) is 2.35. The van der Waals surface area contributed by atoms with E-state index in [4.69, 9.17) is 4.74 Å². The van der Waals surface area contributed by atoms with Gasteiger partial charge in [0.25, 0.3) is 0 Å². The van der Waals surface area contributed by atoms with E-state index in [9.17, 15) is 4.79 Å². The molecule has 120 valence electrons. The Balaban J connectivity index is 2.21. The monoisotopic (exact) mass is 372 g/mol. The number of carbonyl (C=O) groups excluding carboxylic acids is 1. The van der Waals surface area contributed by atoms with Crippen LogP contribution in [0, 0.1) is 0 Å². The number of hydrogen-bond donors (Lipinski definition) is 0. The van der Waals surface area contributed by atoms with Crippen LogP contribution in [0.5, 0.6) is 0 Å². The molecule has 0 bridgehead atoms. The van der Waals surface area contributed by atoms with E-state index >= 15 is 0 Å². The number of rotatable bonds is 5. The molecule has 1 aliphatic carbocycles. The third kappa shape index (κ3) is 2.72. The van der Waals surface area contributed by atoms with Gasteiger partial charge in [0.2, 0.25) is 0 Å². The number of hydrogen-bond acceptors (Lipinski definition) is 2. The molecule has 2 aromatic carbocycles. The molecule has 1 atom stereocenters. The average molecular weight is 373 g/mol. The first-order valence-electron chi connectivity index (χ1n) is 8.18. The second kappa shape index (κ2) is 6.48. The van der Waals surface area contributed by atoms with Crippen molar-refractivity contribution in [2.45, 2.75) is 38.5 Å². The van der Waals surface area contributed by atoms with Crippen LogP contribution in [0.2, 0.25) is 0 Å². The topological polar surface area (TPSA) is 26.3 Å². The summed E-state index contributed by atoms with van der Waals surface area (Å²) in [5.41, 5.74) is 4.69. The van der Waals surface area contributed by atoms with Gasteiger partial charge in [-0.15, -0.1) is 0 Å². The van der Waals surface area contributed by atoms with Crippen molar-refractivity contribution in [2.24, 2.45) is 0 Å². The highest BCUT2D eigenvalue weighted by Crippen LogP contribution is 2.53. The van der Waals surface area contributed by atoms with Crippen molar-refractivity contribution >= 4 is 21.9 Å². The van der Waals surface area contributed by atoms with E-state index in [1.54, 1.807) is 0 Å². The van der Waals surface area contributed by atoms with E-state index in [-0.39, 0.29) is 11.4 Å². The largest absolute Gasteiger partial charge is 0.466 e. The number of fused-ring (bicyclic) bond motifs is 3. The fourth-order valence-electron chi connectivity index (χ4n) is 3.86. The maximum absolute atomic E-state index is 12.3. The molecule has 3 heteroatoms. The molecule has 0 aromatic heterocycles. The predicted octanol–water partition coefficient (Wildman–Crippen LogP) is 5.47. The minimum Gasteiger partial charge on any atom is -0.466 e. The van der Waals surface area contributed by atoms with Gasteiger partial charge in [0.15, 0.2) is 0 Å². The second-order valence-corrected chi connectivity index (χ2v) is 6.97. The average Bonchev–Trinajstić information content (AvgIpc) is 2.79. The van der Waals surface area contributed by atoms with Crippen molar-refractivity contribution in [1.82, 2.24) is 0 Å². The molecule has 0 saturated carbocycles. The molecule has 3 rings (SSSR count). The quantitative estimate of drug-likeness (QED) is 0.650. The lowest BCUT2D eigenvalue weighted by molar-refractivity contribution is -0.144. The van der Waals surface area contributed by atoms with Crippen molar-refractivity contribution in [3.8, 4) is 11.1 Å². The van der Waals surface area contributed by atoms with Gasteiger partial charge >= 0.3 is 5.97 Å². The lowest BCUT2D eigenvalue weighted by Crippen LogP contribution is -2.29. The molecule has 0 aliphatic heterocycles. The Morgan fingerprint density at radius 1 is 1.09 bits per heavy atom. The zero-order valence-corrected chi connectivity index (χ0v) is 15.2. The van der Waals surface area contributed by atoms with Gasteiger partial charge < -0.3 is 4.74 Å². The van der Waals surface area contributed by atoms with E-state index in [0.717, 1.165) is 17.3 Å². The van der Waals surface area contributed by atoms with Gasteiger partial charge in [0.1, 0.15) is 0 Å². The fraction of sp³-hybridized carbons (Fsp3) is 0.350. The maximum Gasteiger partial charge on any atom is 0.307 e. The maximum atomic E-state index is 12.3. The molecule has 23 heavy (non-hydrogen) atoms. The smallest absolute Gasteiger partial charge is 0.307 e. The molecule has 2 aromatic rings. The molecule has 0 spiro atoms. The Bertz CT molecular complexity index is 738. The number of ether oxygens (including phenoxy) is 1. The van der Waals surface area contributed by atoms with Gasteiger partial charge in [-0.3, -0.25) is 4.79 Å². The van der Waals surface area contributed by atoms with Crippen molar-refractivity contribution in [2.75, 3.05) is 6.61 Å². The van der Waals surface area contributed by atoms with E-state index in [0.29, 0.717) is 13.0 Å². The molecular weight excluding hydrogens is 352 g/mol. The van der Waals surface area contributed by atoms with Gasteiger partial charge in [0, 0.05) is 9.89 Å². The van der Waals surface area contributed by atoms with Crippen molar-refractivity contribution in [3.63, 3.8) is 0 Å². The zero-order chi connectivity index (χ0) is 16.4. The van der Waals surface area contributed by atoms with E-state index in [2.05, 4.69) is 65.3 Å². The van der Waals surface area contributed by atoms with Gasteiger partial charge in [0.05, 0.1) is 13.0 Å². The summed E-state index contributed by atoms with van der Waals surface area (Å²) in [5, 5.41) is 0. The van der Waals surface area contributed by atoms with Crippen LogP contribution in [-0.2, 0) is 14.9 Å². The summed E-state index contributed by atoms with van der Waals surface area (Å²) in [6.45, 7) is 4.46. The summed E-state index contributed by atoms with van der Waals surface area (Å²) in [6, 6.07) is 14.8. The highest BCUT2D eigenvalue weighted by atomic mass is 79.9. The summed E-state index contributed by atoms with van der Waals surface area (Å²) in [4.78, 5) is 12.3. The van der Waals surface area contributed by atoms with Crippen LogP contribution in [0.1, 0.15) is 44.2 Å². The molecular formula is C20H21BrO2. The number of esters is 1. The van der Waals surface area contributed by atoms with Crippen LogP contribution in [0.3, 0.4) is 0 Å². The van der Waals surface area contributed by atoms with Crippen molar-refractivity contribution < 1.29 is 9.53 Å². The number of benzene rings is 2. The van der Waals surface area contributed by atoms with Crippen LogP contribution < -0.4 is 0 Å². The van der Waals surface area contributed by atoms with E-state index in [1.165, 1.54) is 22.3 Å². The lowest BCUT2D eigenvalue weighted by Gasteiger charge is -2.31. The fourth-order valence-corrected chi connectivity index (χ4v) is 4.22. The summed E-state index contributed by atoms with van der Waals surface area (Å²) in [7, 11) is 0. The Morgan fingerprint density at radius 3 is 2.57 bits per heavy atom. The third-order valence-electron chi connectivity index (χ3n) is 4.66. The SMILES string of the molecule is CCCC1(CC(=O)OCC)c2ccccc2-c2ccc(Br)cc21. The molecule has 0 radical (unpaired) electrons. The third-order valence-corrected chi connectivity index (χ3v) is 5.15. The number of halogens is 1. The van der Waals surface area contributed by atoms with Crippen molar-refractivity contribution in [3.05, 3.63) is 58.1 Å². The first-order valence-corrected chi connectivity index (χ1v) is 8.97. The van der Waals surface area contributed by atoms with E-state index < -0.39 is 0 Å². The first-order chi connectivity index (χ1) is 11.1. The minimum atomic E-state index is -0.281. The minimum absolute atomic E-state index is 0.122. The molecule has 0 heterocycles. The number of carbonyl (C=O) groups is 1. The Morgan fingerprint density at radius 2 is 1.83 bits per heavy atom. The second-order valence-electron chi connectivity index (χ2n) is 6.05. The highest BCUT2D eigenvalue weighted by molar-refractivity contribution is 9.10. The van der Waals surface area contributed by atoms with Crippen molar-refractivity contribution in [1.29, 1.82) is 0 Å². The normalized spacial score (nSPS) is 18.4. The Hall–Kier alpha value is -1.61. The first kappa shape index (κ1) is 16.3. The Kier molecular flexibility index (Phi) is 4.58. The predicted molar refractivity (Wildman–Crippen MR) is 96.5 cm³/mol. The highest BCUT2D eigenvalue weighted by Gasteiger charge is 2.44. The van der Waals surface area contributed by atoms with Gasteiger partial charge in [-0.1, -0.05) is 59.6 Å². The van der Waals surface area contributed by atoms with Crippen LogP contribution in [0.4, 0.5) is 0 Å².